The van der Waals surface area contributed by atoms with Crippen LogP contribution in [0.5, 0.6) is 0 Å². The van der Waals surface area contributed by atoms with Gasteiger partial charge in [-0.25, -0.2) is 9.78 Å². The molecule has 0 saturated carbocycles. The van der Waals surface area contributed by atoms with Gasteiger partial charge in [-0.05, 0) is 13.3 Å². The molecule has 0 aliphatic heterocycles. The zero-order chi connectivity index (χ0) is 15.2. The topological polar surface area (TPSA) is 74.2 Å². The summed E-state index contributed by atoms with van der Waals surface area (Å²) in [5.74, 6) is 0. The van der Waals surface area contributed by atoms with E-state index < -0.39 is 0 Å². The van der Waals surface area contributed by atoms with Gasteiger partial charge in [-0.3, -0.25) is 0 Å². The number of hydrogen-bond acceptors (Lipinski definition) is 4. The molecule has 5 nitrogen and oxygen atoms in total. The first-order chi connectivity index (χ1) is 9.32. The molecule has 0 radical (unpaired) electrons. The van der Waals surface area contributed by atoms with Gasteiger partial charge in [0.1, 0.15) is 0 Å². The van der Waals surface area contributed by atoms with Crippen molar-refractivity contribution in [2.75, 3.05) is 13.2 Å². The molecule has 0 aliphatic rings. The lowest BCUT2D eigenvalue weighted by Gasteiger charge is -2.14. The molecular weight excluding hydrogens is 274 g/mol. The number of carbonyl (C=O) groups excluding carboxylic acids is 1. The minimum Gasteiger partial charge on any atom is -0.396 e. The molecule has 0 fully saturated rings. The van der Waals surface area contributed by atoms with Crippen LogP contribution < -0.4 is 10.6 Å². The second-order valence-corrected chi connectivity index (χ2v) is 6.82. The number of nitrogens with zero attached hydrogens (tertiary/aromatic N) is 1. The van der Waals surface area contributed by atoms with Crippen molar-refractivity contribution in [3.05, 3.63) is 16.1 Å². The summed E-state index contributed by atoms with van der Waals surface area (Å²) in [5, 5.41) is 17.5. The maximum Gasteiger partial charge on any atom is 0.315 e. The molecule has 1 atom stereocenters. The van der Waals surface area contributed by atoms with Crippen LogP contribution in [0.2, 0.25) is 0 Å². The Bertz CT molecular complexity index is 426. The third-order valence-electron chi connectivity index (χ3n) is 2.80. The van der Waals surface area contributed by atoms with E-state index in [9.17, 15) is 4.79 Å². The lowest BCUT2D eigenvalue weighted by atomic mass is 9.98. The van der Waals surface area contributed by atoms with Gasteiger partial charge in [-0.2, -0.15) is 0 Å². The second-order valence-electron chi connectivity index (χ2n) is 5.96. The Morgan fingerprint density at radius 1 is 1.50 bits per heavy atom. The molecule has 114 valence electrons. The highest BCUT2D eigenvalue weighted by molar-refractivity contribution is 7.09. The molecule has 6 heteroatoms. The van der Waals surface area contributed by atoms with E-state index in [2.05, 4.69) is 41.8 Å². The SMILES string of the molecule is C[C@H](CCO)NC(=O)NCCc1csc(C(C)(C)C)n1. The number of urea groups is 1. The lowest BCUT2D eigenvalue weighted by Crippen LogP contribution is -2.41. The number of aromatic nitrogens is 1. The van der Waals surface area contributed by atoms with E-state index in [0.29, 0.717) is 13.0 Å². The smallest absolute Gasteiger partial charge is 0.315 e. The molecule has 2 amide bonds. The summed E-state index contributed by atoms with van der Waals surface area (Å²) in [6.07, 6.45) is 1.29. The lowest BCUT2D eigenvalue weighted by molar-refractivity contribution is 0.231. The van der Waals surface area contributed by atoms with E-state index in [1.807, 2.05) is 6.92 Å². The Balaban J connectivity index is 2.30. The van der Waals surface area contributed by atoms with Gasteiger partial charge >= 0.3 is 6.03 Å². The molecule has 0 spiro atoms. The van der Waals surface area contributed by atoms with Crippen molar-refractivity contribution in [2.24, 2.45) is 0 Å². The standard InChI is InChI=1S/C14H25N3O2S/c1-10(6-8-18)16-13(19)15-7-5-11-9-20-12(17-11)14(2,3)4/h9-10,18H,5-8H2,1-4H3,(H2,15,16,19)/t10-/m1/s1. The fourth-order valence-corrected chi connectivity index (χ4v) is 2.55. The first kappa shape index (κ1) is 16.9. The first-order valence-corrected chi connectivity index (χ1v) is 7.81. The van der Waals surface area contributed by atoms with Crippen LogP contribution in [-0.4, -0.2) is 35.3 Å². The molecule has 0 aromatic carbocycles. The van der Waals surface area contributed by atoms with Gasteiger partial charge in [-0.1, -0.05) is 20.8 Å². The monoisotopic (exact) mass is 299 g/mol. The van der Waals surface area contributed by atoms with Crippen molar-refractivity contribution < 1.29 is 9.90 Å². The number of carbonyl (C=O) groups is 1. The fraction of sp³-hybridized carbons (Fsp3) is 0.714. The summed E-state index contributed by atoms with van der Waals surface area (Å²) in [6, 6.07) is -0.219. The van der Waals surface area contributed by atoms with Crippen molar-refractivity contribution in [1.82, 2.24) is 15.6 Å². The number of aliphatic hydroxyl groups excluding tert-OH is 1. The van der Waals surface area contributed by atoms with Gasteiger partial charge in [0.25, 0.3) is 0 Å². The van der Waals surface area contributed by atoms with Crippen LogP contribution in [0.3, 0.4) is 0 Å². The highest BCUT2D eigenvalue weighted by atomic mass is 32.1. The molecule has 1 aromatic rings. The van der Waals surface area contributed by atoms with E-state index in [-0.39, 0.29) is 24.1 Å². The minimum atomic E-state index is -0.197. The number of rotatable bonds is 6. The Hall–Kier alpha value is -1.14. The molecule has 0 saturated heterocycles. The fourth-order valence-electron chi connectivity index (χ4n) is 1.61. The minimum absolute atomic E-state index is 0.0215. The van der Waals surface area contributed by atoms with Crippen LogP contribution in [0.25, 0.3) is 0 Å². The third kappa shape index (κ3) is 5.88. The summed E-state index contributed by atoms with van der Waals surface area (Å²) in [6.45, 7) is 8.93. The van der Waals surface area contributed by atoms with E-state index in [1.165, 1.54) is 0 Å². The Kier molecular flexibility index (Phi) is 6.42. The molecule has 20 heavy (non-hydrogen) atoms. The number of nitrogens with one attached hydrogen (secondary N) is 2. The predicted molar refractivity (Wildman–Crippen MR) is 82.2 cm³/mol. The van der Waals surface area contributed by atoms with Crippen LogP contribution >= 0.6 is 11.3 Å². The van der Waals surface area contributed by atoms with Crippen molar-refractivity contribution in [1.29, 1.82) is 0 Å². The molecule has 0 unspecified atom stereocenters. The van der Waals surface area contributed by atoms with Crippen LogP contribution in [0.4, 0.5) is 4.79 Å². The van der Waals surface area contributed by atoms with Crippen LogP contribution in [-0.2, 0) is 11.8 Å². The number of aliphatic hydroxyl groups is 1. The summed E-state index contributed by atoms with van der Waals surface area (Å²) < 4.78 is 0. The maximum absolute atomic E-state index is 11.6. The highest BCUT2D eigenvalue weighted by Crippen LogP contribution is 2.25. The van der Waals surface area contributed by atoms with Crippen molar-refractivity contribution in [3.63, 3.8) is 0 Å². The molecule has 1 aromatic heterocycles. The van der Waals surface area contributed by atoms with Gasteiger partial charge < -0.3 is 15.7 Å². The zero-order valence-corrected chi connectivity index (χ0v) is 13.5. The predicted octanol–water partition coefficient (Wildman–Crippen LogP) is 2.05. The third-order valence-corrected chi connectivity index (χ3v) is 4.12. The van der Waals surface area contributed by atoms with Gasteiger partial charge in [0, 0.05) is 36.4 Å². The quantitative estimate of drug-likeness (QED) is 0.752. The average molecular weight is 299 g/mol. The Morgan fingerprint density at radius 3 is 2.75 bits per heavy atom. The van der Waals surface area contributed by atoms with Gasteiger partial charge in [0.05, 0.1) is 10.7 Å². The summed E-state index contributed by atoms with van der Waals surface area (Å²) in [5.41, 5.74) is 1.09. The summed E-state index contributed by atoms with van der Waals surface area (Å²) in [7, 11) is 0. The highest BCUT2D eigenvalue weighted by Gasteiger charge is 2.17. The van der Waals surface area contributed by atoms with Crippen LogP contribution in [0, 0.1) is 0 Å². The van der Waals surface area contributed by atoms with Crippen molar-refractivity contribution in [3.8, 4) is 0 Å². The Labute approximate surface area is 124 Å². The normalized spacial score (nSPS) is 13.1. The molecule has 0 aliphatic carbocycles. The van der Waals surface area contributed by atoms with E-state index in [1.54, 1.807) is 11.3 Å². The second kappa shape index (κ2) is 7.59. The molecule has 3 N–H and O–H groups in total. The molecular formula is C14H25N3O2S. The Morgan fingerprint density at radius 2 is 2.20 bits per heavy atom. The van der Waals surface area contributed by atoms with Crippen LogP contribution in [0.1, 0.15) is 44.8 Å². The van der Waals surface area contributed by atoms with Gasteiger partial charge in [-0.15, -0.1) is 11.3 Å². The van der Waals surface area contributed by atoms with Crippen molar-refractivity contribution in [2.45, 2.75) is 52.0 Å². The zero-order valence-electron chi connectivity index (χ0n) is 12.7. The molecule has 1 rings (SSSR count). The number of hydrogen-bond donors (Lipinski definition) is 3. The van der Waals surface area contributed by atoms with Crippen LogP contribution in [0.15, 0.2) is 5.38 Å². The van der Waals surface area contributed by atoms with Gasteiger partial charge in [0.2, 0.25) is 0 Å². The largest absolute Gasteiger partial charge is 0.396 e. The number of thiazole rings is 1. The van der Waals surface area contributed by atoms with E-state index in [4.69, 9.17) is 5.11 Å². The van der Waals surface area contributed by atoms with Crippen molar-refractivity contribution >= 4 is 17.4 Å². The van der Waals surface area contributed by atoms with E-state index >= 15 is 0 Å². The van der Waals surface area contributed by atoms with Gasteiger partial charge in [0.15, 0.2) is 0 Å². The molecule has 1 heterocycles. The average Bonchev–Trinajstić information content (AvgIpc) is 2.77. The molecule has 0 bridgehead atoms. The van der Waals surface area contributed by atoms with E-state index in [0.717, 1.165) is 17.1 Å². The number of amides is 2. The summed E-state index contributed by atoms with van der Waals surface area (Å²) >= 11 is 1.67. The summed E-state index contributed by atoms with van der Waals surface area (Å²) in [4.78, 5) is 16.1. The first-order valence-electron chi connectivity index (χ1n) is 6.93. The maximum atomic E-state index is 11.6.